The zero-order chi connectivity index (χ0) is 12.0. The van der Waals surface area contributed by atoms with Crippen LogP contribution >= 0.6 is 0 Å². The maximum atomic E-state index is 5.68. The van der Waals surface area contributed by atoms with E-state index >= 15 is 0 Å². The fraction of sp³-hybridized carbons (Fsp3) is 0.583. The fourth-order valence-corrected chi connectivity index (χ4v) is 1.33. The van der Waals surface area contributed by atoms with Gasteiger partial charge < -0.3 is 15.0 Å². The molecule has 0 aliphatic carbocycles. The molecule has 0 aromatic carbocycles. The number of aromatic nitrogens is 1. The van der Waals surface area contributed by atoms with Crippen molar-refractivity contribution in [1.29, 1.82) is 0 Å². The van der Waals surface area contributed by atoms with E-state index in [1.165, 1.54) is 0 Å². The second-order valence-corrected chi connectivity index (χ2v) is 4.06. The number of hydrogen-bond acceptors (Lipinski definition) is 4. The minimum absolute atomic E-state index is 0.253. The normalized spacial score (nSPS) is 12.8. The highest BCUT2D eigenvalue weighted by molar-refractivity contribution is 5.28. The zero-order valence-corrected chi connectivity index (χ0v) is 10.5. The van der Waals surface area contributed by atoms with E-state index in [-0.39, 0.29) is 6.04 Å². The molecule has 0 saturated carbocycles. The summed E-state index contributed by atoms with van der Waals surface area (Å²) in [5, 5.41) is 3.19. The highest BCUT2D eigenvalue weighted by Gasteiger charge is 2.10. The van der Waals surface area contributed by atoms with Crippen molar-refractivity contribution in [2.75, 3.05) is 34.3 Å². The van der Waals surface area contributed by atoms with Crippen LogP contribution in [0.3, 0.4) is 0 Å². The van der Waals surface area contributed by atoms with Crippen LogP contribution in [-0.4, -0.2) is 44.2 Å². The molecule has 0 radical (unpaired) electrons. The molecule has 1 aromatic heterocycles. The molecule has 0 aliphatic heterocycles. The van der Waals surface area contributed by atoms with Crippen LogP contribution in [0.4, 0.5) is 0 Å². The molecule has 1 heterocycles. The van der Waals surface area contributed by atoms with Gasteiger partial charge in [0.05, 0.1) is 0 Å². The number of nitrogens with one attached hydrogen (secondary N) is 1. The van der Waals surface area contributed by atoms with Gasteiger partial charge in [-0.1, -0.05) is 6.07 Å². The van der Waals surface area contributed by atoms with Crippen LogP contribution in [0, 0.1) is 0 Å². The average molecular weight is 223 g/mol. The highest BCUT2D eigenvalue weighted by Crippen LogP contribution is 2.21. The molecule has 1 aromatic rings. The van der Waals surface area contributed by atoms with Crippen LogP contribution in [0.25, 0.3) is 0 Å². The minimum Gasteiger partial charge on any atom is -0.476 e. The van der Waals surface area contributed by atoms with Crippen molar-refractivity contribution in [2.24, 2.45) is 0 Å². The lowest BCUT2D eigenvalue weighted by Gasteiger charge is -2.16. The Labute approximate surface area is 97.6 Å². The molecule has 0 amide bonds. The van der Waals surface area contributed by atoms with Crippen LogP contribution in [0.2, 0.25) is 0 Å². The zero-order valence-electron chi connectivity index (χ0n) is 10.5. The summed E-state index contributed by atoms with van der Waals surface area (Å²) >= 11 is 0. The Bertz CT molecular complexity index is 315. The lowest BCUT2D eigenvalue weighted by Crippen LogP contribution is -2.21. The summed E-state index contributed by atoms with van der Waals surface area (Å²) in [6.07, 6.45) is 1.76. The molecule has 0 aliphatic rings. The number of pyridine rings is 1. The van der Waals surface area contributed by atoms with E-state index in [1.807, 2.05) is 33.3 Å². The molecule has 0 fully saturated rings. The van der Waals surface area contributed by atoms with Crippen LogP contribution in [0.1, 0.15) is 18.5 Å². The molecular weight excluding hydrogens is 202 g/mol. The lowest BCUT2D eigenvalue weighted by molar-refractivity contribution is 0.250. The lowest BCUT2D eigenvalue weighted by atomic mass is 10.1. The van der Waals surface area contributed by atoms with Gasteiger partial charge in [-0.15, -0.1) is 0 Å². The summed E-state index contributed by atoms with van der Waals surface area (Å²) in [6.45, 7) is 3.65. The Morgan fingerprint density at radius 1 is 1.50 bits per heavy atom. The maximum absolute atomic E-state index is 5.68. The van der Waals surface area contributed by atoms with Crippen molar-refractivity contribution in [3.05, 3.63) is 23.9 Å². The molecule has 1 N–H and O–H groups in total. The molecule has 0 saturated heterocycles. The minimum atomic E-state index is 0.253. The van der Waals surface area contributed by atoms with E-state index < -0.39 is 0 Å². The van der Waals surface area contributed by atoms with Gasteiger partial charge in [-0.25, -0.2) is 4.98 Å². The molecule has 90 valence electrons. The van der Waals surface area contributed by atoms with Gasteiger partial charge in [0.15, 0.2) is 0 Å². The van der Waals surface area contributed by atoms with Gasteiger partial charge in [-0.05, 0) is 34.1 Å². The Morgan fingerprint density at radius 3 is 2.88 bits per heavy atom. The van der Waals surface area contributed by atoms with E-state index in [1.54, 1.807) is 6.20 Å². The van der Waals surface area contributed by atoms with Gasteiger partial charge in [-0.3, -0.25) is 0 Å². The summed E-state index contributed by atoms with van der Waals surface area (Å²) in [7, 11) is 5.99. The fourth-order valence-electron chi connectivity index (χ4n) is 1.33. The van der Waals surface area contributed by atoms with Gasteiger partial charge >= 0.3 is 0 Å². The van der Waals surface area contributed by atoms with Crippen LogP contribution in [-0.2, 0) is 0 Å². The number of nitrogens with zero attached hydrogens (tertiary/aromatic N) is 2. The Morgan fingerprint density at radius 2 is 2.25 bits per heavy atom. The van der Waals surface area contributed by atoms with Gasteiger partial charge in [0.2, 0.25) is 5.88 Å². The summed E-state index contributed by atoms with van der Waals surface area (Å²) in [5.74, 6) is 0.728. The topological polar surface area (TPSA) is 37.4 Å². The first-order valence-corrected chi connectivity index (χ1v) is 5.55. The van der Waals surface area contributed by atoms with Gasteiger partial charge in [0, 0.05) is 24.3 Å². The Kier molecular flexibility index (Phi) is 5.22. The Balaban J connectivity index is 2.64. The third kappa shape index (κ3) is 3.79. The number of rotatable bonds is 6. The molecule has 16 heavy (non-hydrogen) atoms. The standard InChI is InChI=1S/C12H21N3O/c1-10(13-2)11-6-5-7-14-12(11)16-9-8-15(3)4/h5-7,10,13H,8-9H2,1-4H3. The van der Waals surface area contributed by atoms with Gasteiger partial charge in [-0.2, -0.15) is 0 Å². The first-order chi connectivity index (χ1) is 7.65. The smallest absolute Gasteiger partial charge is 0.218 e. The summed E-state index contributed by atoms with van der Waals surface area (Å²) in [4.78, 5) is 6.35. The molecule has 4 nitrogen and oxygen atoms in total. The van der Waals surface area contributed by atoms with Gasteiger partial charge in [0.25, 0.3) is 0 Å². The predicted molar refractivity (Wildman–Crippen MR) is 65.8 cm³/mol. The SMILES string of the molecule is CNC(C)c1cccnc1OCCN(C)C. The third-order valence-corrected chi connectivity index (χ3v) is 2.48. The maximum Gasteiger partial charge on any atom is 0.218 e. The second-order valence-electron chi connectivity index (χ2n) is 4.06. The molecule has 1 unspecified atom stereocenters. The summed E-state index contributed by atoms with van der Waals surface area (Å²) in [6, 6.07) is 4.23. The molecule has 0 spiro atoms. The Hall–Kier alpha value is -1.13. The third-order valence-electron chi connectivity index (χ3n) is 2.48. The first kappa shape index (κ1) is 12.9. The quantitative estimate of drug-likeness (QED) is 0.789. The van der Waals surface area contributed by atoms with Crippen LogP contribution in [0.15, 0.2) is 18.3 Å². The van der Waals surface area contributed by atoms with Gasteiger partial charge in [0.1, 0.15) is 6.61 Å². The van der Waals surface area contributed by atoms with E-state index in [0.717, 1.165) is 18.0 Å². The van der Waals surface area contributed by atoms with Crippen molar-refractivity contribution in [3.8, 4) is 5.88 Å². The molecule has 1 atom stereocenters. The van der Waals surface area contributed by atoms with Crippen molar-refractivity contribution in [1.82, 2.24) is 15.2 Å². The monoisotopic (exact) mass is 223 g/mol. The van der Waals surface area contributed by atoms with E-state index in [2.05, 4.69) is 22.1 Å². The van der Waals surface area contributed by atoms with Crippen molar-refractivity contribution in [2.45, 2.75) is 13.0 Å². The van der Waals surface area contributed by atoms with E-state index in [0.29, 0.717) is 6.61 Å². The number of likely N-dealkylation sites (N-methyl/N-ethyl adjacent to an activating group) is 1. The first-order valence-electron chi connectivity index (χ1n) is 5.55. The predicted octanol–water partition coefficient (Wildman–Crippen LogP) is 1.30. The van der Waals surface area contributed by atoms with E-state index in [4.69, 9.17) is 4.74 Å². The van der Waals surface area contributed by atoms with Crippen molar-refractivity contribution in [3.63, 3.8) is 0 Å². The number of hydrogen-bond donors (Lipinski definition) is 1. The largest absolute Gasteiger partial charge is 0.476 e. The summed E-state index contributed by atoms with van der Waals surface area (Å²) < 4.78 is 5.68. The molecule has 0 bridgehead atoms. The second kappa shape index (κ2) is 6.45. The van der Waals surface area contributed by atoms with Crippen LogP contribution in [0.5, 0.6) is 5.88 Å². The van der Waals surface area contributed by atoms with Crippen molar-refractivity contribution < 1.29 is 4.74 Å². The summed E-state index contributed by atoms with van der Waals surface area (Å²) in [5.41, 5.74) is 1.10. The van der Waals surface area contributed by atoms with E-state index in [9.17, 15) is 0 Å². The van der Waals surface area contributed by atoms with Crippen molar-refractivity contribution >= 4 is 0 Å². The average Bonchev–Trinajstić information content (AvgIpc) is 2.28. The molecule has 1 rings (SSSR count). The number of ether oxygens (including phenoxy) is 1. The highest BCUT2D eigenvalue weighted by atomic mass is 16.5. The molecular formula is C12H21N3O. The van der Waals surface area contributed by atoms with Crippen LogP contribution < -0.4 is 10.1 Å². The molecule has 4 heteroatoms.